The summed E-state index contributed by atoms with van der Waals surface area (Å²) in [7, 11) is 0. The third-order valence-electron chi connectivity index (χ3n) is 5.32. The molecule has 1 saturated carbocycles. The van der Waals surface area contributed by atoms with E-state index in [1.165, 1.54) is 12.3 Å². The largest absolute Gasteiger partial charge is 0.465 e. The van der Waals surface area contributed by atoms with Crippen LogP contribution in [-0.2, 0) is 14.0 Å². The second-order valence-electron chi connectivity index (χ2n) is 7.42. The van der Waals surface area contributed by atoms with Gasteiger partial charge in [-0.05, 0) is 47.6 Å². The summed E-state index contributed by atoms with van der Waals surface area (Å²) in [6, 6.07) is 2.63. The molecule has 1 fully saturated rings. The first-order chi connectivity index (χ1) is 15.8. The van der Waals surface area contributed by atoms with Gasteiger partial charge in [0.1, 0.15) is 16.9 Å². The minimum absolute atomic E-state index is 0.0592. The normalized spacial score (nSPS) is 17.7. The number of pyridine rings is 2. The van der Waals surface area contributed by atoms with Gasteiger partial charge in [-0.25, -0.2) is 14.4 Å². The molecule has 1 amide bonds. The lowest BCUT2D eigenvalue weighted by Gasteiger charge is -2.36. The lowest BCUT2D eigenvalue weighted by atomic mass is 9.88. The Morgan fingerprint density at radius 2 is 2.03 bits per heavy atom. The zero-order valence-corrected chi connectivity index (χ0v) is 21.4. The molecule has 0 spiro atoms. The Bertz CT molecular complexity index is 1280. The fourth-order valence-corrected chi connectivity index (χ4v) is 4.62. The molecule has 0 bridgehead atoms. The minimum atomic E-state index is -0.665. The van der Waals surface area contributed by atoms with Crippen molar-refractivity contribution in [2.24, 2.45) is 5.73 Å². The highest BCUT2D eigenvalue weighted by molar-refractivity contribution is 14.1. The molecule has 3 aromatic heterocycles. The van der Waals surface area contributed by atoms with Crippen molar-refractivity contribution in [3.05, 3.63) is 40.2 Å². The van der Waals surface area contributed by atoms with Crippen LogP contribution in [0.5, 0.6) is 5.88 Å². The van der Waals surface area contributed by atoms with E-state index in [1.54, 1.807) is 10.6 Å². The fraction of sp³-hybridized carbons (Fsp3) is 0.350. The number of hydrogen-bond acceptors (Lipinski definition) is 8. The SMILES string of the molecule is NC(=O)COC1CC(n2c(=O)c(-c3cnc(OCI)c(F)c3)cc3c(CI)nc(N)nc32)C1. The predicted octanol–water partition coefficient (Wildman–Crippen LogP) is 2.49. The molecule has 0 unspecified atom stereocenters. The Morgan fingerprint density at radius 3 is 2.67 bits per heavy atom. The summed E-state index contributed by atoms with van der Waals surface area (Å²) in [5.41, 5.74) is 12.3. The average Bonchev–Trinajstić information content (AvgIpc) is 2.74. The topological polar surface area (TPSA) is 148 Å². The number of carbonyl (C=O) groups excluding carboxylic acids is 1. The van der Waals surface area contributed by atoms with Crippen molar-refractivity contribution in [1.29, 1.82) is 0 Å². The molecule has 13 heteroatoms. The second-order valence-corrected chi connectivity index (χ2v) is 8.81. The van der Waals surface area contributed by atoms with Crippen molar-refractivity contribution < 1.29 is 18.7 Å². The third kappa shape index (κ3) is 4.89. The highest BCUT2D eigenvalue weighted by Gasteiger charge is 2.34. The maximum absolute atomic E-state index is 14.5. The van der Waals surface area contributed by atoms with Crippen molar-refractivity contribution in [1.82, 2.24) is 19.5 Å². The maximum Gasteiger partial charge on any atom is 0.260 e. The summed E-state index contributed by atoms with van der Waals surface area (Å²) in [6.07, 6.45) is 2.17. The molecule has 0 aromatic carbocycles. The van der Waals surface area contributed by atoms with Gasteiger partial charge in [0.25, 0.3) is 11.4 Å². The van der Waals surface area contributed by atoms with Gasteiger partial charge in [-0.1, -0.05) is 22.6 Å². The number of amides is 1. The molecule has 1 aliphatic carbocycles. The molecular weight excluding hydrogens is 661 g/mol. The number of rotatable bonds is 8. The van der Waals surface area contributed by atoms with Crippen molar-refractivity contribution in [3.63, 3.8) is 0 Å². The van der Waals surface area contributed by atoms with E-state index in [1.807, 2.05) is 22.6 Å². The fourth-order valence-electron chi connectivity index (χ4n) is 3.75. The number of anilines is 1. The first-order valence-corrected chi connectivity index (χ1v) is 12.9. The van der Waals surface area contributed by atoms with Crippen LogP contribution in [0, 0.1) is 5.82 Å². The molecular formula is C20H19FI2N6O4. The standard InChI is InChI=1S/C20H19FI2N6O4/c21-14-1-9(6-26-18(14)33-8-23)12-4-13-15(5-22)27-20(25)28-17(13)29(19(12)31)10-2-11(3-10)32-7-16(24)30/h1,4,6,10-11H,2-3,5,7-8H2,(H2,24,30)(H2,25,27,28). The van der Waals surface area contributed by atoms with Crippen LogP contribution in [0.15, 0.2) is 23.1 Å². The second kappa shape index (κ2) is 10.0. The molecule has 4 N–H and O–H groups in total. The maximum atomic E-state index is 14.5. The van der Waals surface area contributed by atoms with Gasteiger partial charge >= 0.3 is 0 Å². The number of nitrogens with zero attached hydrogens (tertiary/aromatic N) is 4. The number of aromatic nitrogens is 4. The first-order valence-electron chi connectivity index (χ1n) is 9.84. The van der Waals surface area contributed by atoms with E-state index in [-0.39, 0.29) is 46.3 Å². The van der Waals surface area contributed by atoms with Crippen molar-refractivity contribution in [2.75, 3.05) is 17.0 Å². The zero-order chi connectivity index (χ0) is 23.7. The number of hydrogen-bond donors (Lipinski definition) is 2. The van der Waals surface area contributed by atoms with Gasteiger partial charge < -0.3 is 20.9 Å². The summed E-state index contributed by atoms with van der Waals surface area (Å²) in [6.45, 7) is -0.183. The monoisotopic (exact) mass is 680 g/mol. The van der Waals surface area contributed by atoms with Gasteiger partial charge in [-0.2, -0.15) is 4.98 Å². The molecule has 33 heavy (non-hydrogen) atoms. The zero-order valence-electron chi connectivity index (χ0n) is 17.1. The Hall–Kier alpha value is -2.14. The Morgan fingerprint density at radius 1 is 1.27 bits per heavy atom. The van der Waals surface area contributed by atoms with Gasteiger partial charge in [-0.3, -0.25) is 14.2 Å². The van der Waals surface area contributed by atoms with Crippen LogP contribution in [0.1, 0.15) is 24.6 Å². The third-order valence-corrected chi connectivity index (χ3v) is 6.35. The lowest BCUT2D eigenvalue weighted by molar-refractivity contribution is -0.127. The number of fused-ring (bicyclic) bond motifs is 1. The van der Waals surface area contributed by atoms with Crippen LogP contribution < -0.4 is 21.8 Å². The van der Waals surface area contributed by atoms with Crippen LogP contribution in [-0.4, -0.2) is 42.8 Å². The van der Waals surface area contributed by atoms with Crippen LogP contribution in [0.4, 0.5) is 10.3 Å². The van der Waals surface area contributed by atoms with Crippen LogP contribution >= 0.6 is 45.2 Å². The van der Waals surface area contributed by atoms with Gasteiger partial charge in [0, 0.05) is 33.2 Å². The van der Waals surface area contributed by atoms with Crippen LogP contribution in [0.3, 0.4) is 0 Å². The quantitative estimate of drug-likeness (QED) is 0.273. The van der Waals surface area contributed by atoms with Crippen LogP contribution in [0.2, 0.25) is 0 Å². The van der Waals surface area contributed by atoms with E-state index in [0.717, 1.165) is 0 Å². The number of alkyl halides is 2. The first kappa shape index (κ1) is 24.0. The summed E-state index contributed by atoms with van der Waals surface area (Å²) in [5.74, 6) is -1.29. The molecule has 0 saturated heterocycles. The lowest BCUT2D eigenvalue weighted by Crippen LogP contribution is -2.40. The summed E-state index contributed by atoms with van der Waals surface area (Å²) in [5, 5.41) is 0.641. The van der Waals surface area contributed by atoms with Gasteiger partial charge in [0.2, 0.25) is 11.9 Å². The number of primary amides is 1. The number of nitrogens with two attached hydrogens (primary N) is 2. The van der Waals surface area contributed by atoms with Crippen LogP contribution in [0.25, 0.3) is 22.2 Å². The van der Waals surface area contributed by atoms with Gasteiger partial charge in [0.15, 0.2) is 5.82 Å². The smallest absolute Gasteiger partial charge is 0.260 e. The molecule has 4 rings (SSSR count). The van der Waals surface area contributed by atoms with E-state index in [9.17, 15) is 14.0 Å². The predicted molar refractivity (Wildman–Crippen MR) is 136 cm³/mol. The van der Waals surface area contributed by atoms with Gasteiger partial charge in [0.05, 0.1) is 11.8 Å². The Balaban J connectivity index is 1.83. The average molecular weight is 680 g/mol. The van der Waals surface area contributed by atoms with E-state index >= 15 is 0 Å². The molecule has 174 valence electrons. The van der Waals surface area contributed by atoms with E-state index in [4.69, 9.17) is 20.9 Å². The summed E-state index contributed by atoms with van der Waals surface area (Å²) in [4.78, 5) is 37.2. The molecule has 0 radical (unpaired) electrons. The Labute approximate surface area is 214 Å². The van der Waals surface area contributed by atoms with Crippen molar-refractivity contribution >= 4 is 68.1 Å². The summed E-state index contributed by atoms with van der Waals surface area (Å²) < 4.78 is 27.4. The highest BCUT2D eigenvalue weighted by atomic mass is 127. The highest BCUT2D eigenvalue weighted by Crippen LogP contribution is 2.37. The molecule has 10 nitrogen and oxygen atoms in total. The number of ether oxygens (including phenoxy) is 2. The minimum Gasteiger partial charge on any atom is -0.465 e. The van der Waals surface area contributed by atoms with E-state index in [0.29, 0.717) is 39.6 Å². The summed E-state index contributed by atoms with van der Waals surface area (Å²) >= 11 is 4.10. The number of halogens is 3. The van der Waals surface area contributed by atoms with Crippen molar-refractivity contribution in [3.8, 4) is 17.0 Å². The molecule has 3 heterocycles. The number of carbonyl (C=O) groups is 1. The number of nitrogen functional groups attached to an aromatic ring is 1. The molecule has 1 aliphatic rings. The molecule has 0 atom stereocenters. The van der Waals surface area contributed by atoms with Crippen molar-refractivity contribution in [2.45, 2.75) is 29.4 Å². The van der Waals surface area contributed by atoms with E-state index < -0.39 is 11.7 Å². The molecule has 3 aromatic rings. The van der Waals surface area contributed by atoms with E-state index in [2.05, 4.69) is 37.5 Å². The van der Waals surface area contributed by atoms with Gasteiger partial charge in [-0.15, -0.1) is 0 Å². The molecule has 0 aliphatic heterocycles. The Kier molecular flexibility index (Phi) is 7.28.